The molecule has 0 fully saturated rings. The van der Waals surface area contributed by atoms with E-state index in [4.69, 9.17) is 9.40 Å². The highest BCUT2D eigenvalue weighted by atomic mass is 32.1. The van der Waals surface area contributed by atoms with Gasteiger partial charge in [-0.2, -0.15) is 0 Å². The predicted octanol–water partition coefficient (Wildman–Crippen LogP) is 11.7. The van der Waals surface area contributed by atoms with Gasteiger partial charge in [0, 0.05) is 44.1 Å². The summed E-state index contributed by atoms with van der Waals surface area (Å²) in [6.45, 7) is 0. The van der Waals surface area contributed by atoms with Gasteiger partial charge in [0.2, 0.25) is 0 Å². The van der Waals surface area contributed by atoms with Crippen LogP contribution in [0.15, 0.2) is 144 Å². The molecule has 0 saturated heterocycles. The van der Waals surface area contributed by atoms with Crippen LogP contribution in [0.25, 0.3) is 81.0 Å². The normalized spacial score (nSPS) is 15.1. The number of fused-ring (bicyclic) bond motifs is 10. The van der Waals surface area contributed by atoms with E-state index in [-0.39, 0.29) is 0 Å². The van der Waals surface area contributed by atoms with E-state index in [0.717, 1.165) is 50.1 Å². The minimum absolute atomic E-state index is 0.376. The van der Waals surface area contributed by atoms with Crippen LogP contribution in [0, 0.1) is 0 Å². The number of benzene rings is 6. The molecule has 0 spiro atoms. The molecule has 0 N–H and O–H groups in total. The zero-order chi connectivity index (χ0) is 29.5. The van der Waals surface area contributed by atoms with E-state index in [9.17, 15) is 0 Å². The number of allylic oxidation sites excluding steroid dienone is 4. The summed E-state index contributed by atoms with van der Waals surface area (Å²) in [5.41, 5.74) is 8.96. The van der Waals surface area contributed by atoms with Crippen molar-refractivity contribution in [2.75, 3.05) is 0 Å². The minimum atomic E-state index is 0.376. The van der Waals surface area contributed by atoms with Gasteiger partial charge in [-0.05, 0) is 72.0 Å². The van der Waals surface area contributed by atoms with Gasteiger partial charge in [0.25, 0.3) is 0 Å². The van der Waals surface area contributed by atoms with Crippen molar-refractivity contribution in [2.45, 2.75) is 12.3 Å². The smallest absolute Gasteiger partial charge is 0.137 e. The van der Waals surface area contributed by atoms with Gasteiger partial charge in [-0.1, -0.05) is 85.0 Å². The van der Waals surface area contributed by atoms with Crippen molar-refractivity contribution in [3.05, 3.63) is 145 Å². The average molecular weight is 595 g/mol. The molecule has 0 radical (unpaired) electrons. The molecular formula is C41H26N2OS. The van der Waals surface area contributed by atoms with Gasteiger partial charge >= 0.3 is 0 Å². The maximum Gasteiger partial charge on any atom is 0.137 e. The highest BCUT2D eigenvalue weighted by molar-refractivity contribution is 7.22. The maximum absolute atomic E-state index is 6.14. The fourth-order valence-electron chi connectivity index (χ4n) is 7.31. The first-order valence-electron chi connectivity index (χ1n) is 15.4. The van der Waals surface area contributed by atoms with Crippen molar-refractivity contribution in [2.24, 2.45) is 0 Å². The van der Waals surface area contributed by atoms with E-state index in [1.165, 1.54) is 42.8 Å². The topological polar surface area (TPSA) is 31.0 Å². The van der Waals surface area contributed by atoms with E-state index in [0.29, 0.717) is 5.92 Å². The third-order valence-electron chi connectivity index (χ3n) is 9.36. The lowest BCUT2D eigenvalue weighted by atomic mass is 9.87. The number of furan rings is 1. The summed E-state index contributed by atoms with van der Waals surface area (Å²) in [5.74, 6) is 0.376. The molecule has 212 valence electrons. The van der Waals surface area contributed by atoms with Crippen molar-refractivity contribution in [3.63, 3.8) is 0 Å². The Morgan fingerprint density at radius 2 is 1.47 bits per heavy atom. The van der Waals surface area contributed by atoms with Crippen molar-refractivity contribution in [1.29, 1.82) is 0 Å². The third kappa shape index (κ3) is 3.66. The van der Waals surface area contributed by atoms with Gasteiger partial charge in [0.05, 0.1) is 21.3 Å². The molecule has 3 aromatic heterocycles. The molecule has 10 rings (SSSR count). The highest BCUT2D eigenvalue weighted by Gasteiger charge is 2.21. The Balaban J connectivity index is 1.16. The Morgan fingerprint density at radius 1 is 0.689 bits per heavy atom. The van der Waals surface area contributed by atoms with Gasteiger partial charge in [-0.15, -0.1) is 11.3 Å². The summed E-state index contributed by atoms with van der Waals surface area (Å²) in [5, 5.41) is 8.50. The quantitative estimate of drug-likeness (QED) is 0.204. The fraction of sp³-hybridized carbons (Fsp3) is 0.0488. The molecule has 0 amide bonds. The lowest BCUT2D eigenvalue weighted by Crippen LogP contribution is -1.99. The zero-order valence-corrected chi connectivity index (χ0v) is 25.1. The first-order chi connectivity index (χ1) is 22.3. The van der Waals surface area contributed by atoms with Gasteiger partial charge in [0.1, 0.15) is 16.2 Å². The van der Waals surface area contributed by atoms with Crippen LogP contribution in [0.1, 0.15) is 17.9 Å². The molecule has 1 unspecified atom stereocenters. The molecule has 45 heavy (non-hydrogen) atoms. The van der Waals surface area contributed by atoms with Crippen LogP contribution in [0.3, 0.4) is 0 Å². The van der Waals surface area contributed by atoms with Crippen LogP contribution in [-0.4, -0.2) is 9.55 Å². The molecule has 3 nitrogen and oxygen atoms in total. The first-order valence-corrected chi connectivity index (χ1v) is 16.2. The molecule has 0 aliphatic heterocycles. The maximum atomic E-state index is 6.14. The van der Waals surface area contributed by atoms with E-state index >= 15 is 0 Å². The number of rotatable bonds is 3. The second-order valence-electron chi connectivity index (χ2n) is 11.9. The second kappa shape index (κ2) is 9.52. The molecule has 3 heterocycles. The summed E-state index contributed by atoms with van der Waals surface area (Å²) in [7, 11) is 0. The first kappa shape index (κ1) is 24.9. The molecule has 4 heteroatoms. The Kier molecular flexibility index (Phi) is 5.28. The molecule has 0 saturated carbocycles. The highest BCUT2D eigenvalue weighted by Crippen LogP contribution is 2.43. The Hall–Kier alpha value is -5.45. The van der Waals surface area contributed by atoms with Gasteiger partial charge in [-0.25, -0.2) is 4.98 Å². The van der Waals surface area contributed by atoms with Crippen LogP contribution in [-0.2, 0) is 0 Å². The lowest BCUT2D eigenvalue weighted by molar-refractivity contribution is 0.669. The number of aromatic nitrogens is 2. The van der Waals surface area contributed by atoms with E-state index in [2.05, 4.69) is 126 Å². The fourth-order valence-corrected chi connectivity index (χ4v) is 8.43. The predicted molar refractivity (Wildman–Crippen MR) is 190 cm³/mol. The monoisotopic (exact) mass is 594 g/mol. The van der Waals surface area contributed by atoms with Crippen molar-refractivity contribution in [3.8, 4) is 16.3 Å². The summed E-state index contributed by atoms with van der Waals surface area (Å²) in [6, 6.07) is 41.5. The molecule has 9 aromatic rings. The summed E-state index contributed by atoms with van der Waals surface area (Å²) in [4.78, 5) is 5.07. The standard InChI is InChI=1S/C41H26N2OS/c1-2-10-25(11-3-1)32-24-33-29-13-6-8-16-35(29)43(39(33)30-14-5-4-12-28(30)32)27-20-18-26(19-21-27)41-42-34-22-23-37-38(40(34)45-41)31-15-7-9-17-36(31)44-37/h1-10,12-25H,11H2. The molecule has 1 aliphatic carbocycles. The second-order valence-corrected chi connectivity index (χ2v) is 12.9. The third-order valence-corrected chi connectivity index (χ3v) is 10.5. The molecular weight excluding hydrogens is 569 g/mol. The largest absolute Gasteiger partial charge is 0.456 e. The van der Waals surface area contributed by atoms with Crippen LogP contribution in [0.4, 0.5) is 0 Å². The lowest BCUT2D eigenvalue weighted by Gasteiger charge is -2.18. The summed E-state index contributed by atoms with van der Waals surface area (Å²) in [6.07, 6.45) is 9.98. The van der Waals surface area contributed by atoms with Crippen molar-refractivity contribution in [1.82, 2.24) is 9.55 Å². The Bertz CT molecular complexity index is 2680. The molecule has 0 bridgehead atoms. The van der Waals surface area contributed by atoms with Crippen molar-refractivity contribution < 1.29 is 4.42 Å². The molecule has 1 atom stereocenters. The number of hydrogen-bond acceptors (Lipinski definition) is 3. The van der Waals surface area contributed by atoms with Crippen LogP contribution in [0.2, 0.25) is 0 Å². The van der Waals surface area contributed by atoms with Gasteiger partial charge in [-0.3, -0.25) is 0 Å². The number of hydrogen-bond donors (Lipinski definition) is 0. The van der Waals surface area contributed by atoms with Gasteiger partial charge < -0.3 is 8.98 Å². The van der Waals surface area contributed by atoms with Crippen LogP contribution in [0.5, 0.6) is 0 Å². The van der Waals surface area contributed by atoms with E-state index in [1.807, 2.05) is 18.2 Å². The minimum Gasteiger partial charge on any atom is -0.456 e. The number of para-hydroxylation sites is 2. The van der Waals surface area contributed by atoms with Crippen LogP contribution >= 0.6 is 11.3 Å². The summed E-state index contributed by atoms with van der Waals surface area (Å²) >= 11 is 1.74. The number of nitrogens with zero attached hydrogens (tertiary/aromatic N) is 2. The van der Waals surface area contributed by atoms with Crippen molar-refractivity contribution >= 4 is 76.1 Å². The number of thiazole rings is 1. The Morgan fingerprint density at radius 3 is 2.31 bits per heavy atom. The molecule has 6 aromatic carbocycles. The molecule has 1 aliphatic rings. The van der Waals surface area contributed by atoms with Gasteiger partial charge in [0.15, 0.2) is 0 Å². The van der Waals surface area contributed by atoms with E-state index in [1.54, 1.807) is 11.3 Å². The summed E-state index contributed by atoms with van der Waals surface area (Å²) < 4.78 is 9.76. The van der Waals surface area contributed by atoms with Crippen LogP contribution < -0.4 is 0 Å². The Labute approximate surface area is 263 Å². The van der Waals surface area contributed by atoms with E-state index < -0.39 is 0 Å². The SMILES string of the molecule is C1=CCC(c2cc3c4ccccc4n(-c4ccc(-c5nc6ccc7oc8ccccc8c7c6s5)cc4)c3c3ccccc23)C=C1. The average Bonchev–Trinajstić information content (AvgIpc) is 3.80. The zero-order valence-electron chi connectivity index (χ0n) is 24.3.